The van der Waals surface area contributed by atoms with Gasteiger partial charge in [0.1, 0.15) is 5.82 Å². The van der Waals surface area contributed by atoms with Crippen LogP contribution < -0.4 is 0 Å². The van der Waals surface area contributed by atoms with E-state index in [9.17, 15) is 0 Å². The molecule has 2 aromatic carbocycles. The summed E-state index contributed by atoms with van der Waals surface area (Å²) in [5.41, 5.74) is 3.38. The average Bonchev–Trinajstić information content (AvgIpc) is 3.19. The van der Waals surface area contributed by atoms with E-state index in [1.54, 1.807) is 6.08 Å². The Morgan fingerprint density at radius 2 is 1.97 bits per heavy atom. The second-order valence-corrected chi connectivity index (χ2v) is 7.21. The quantitative estimate of drug-likeness (QED) is 0.470. The van der Waals surface area contributed by atoms with Gasteiger partial charge in [-0.05, 0) is 31.7 Å². The van der Waals surface area contributed by atoms with E-state index in [1.807, 2.05) is 19.1 Å². The van der Waals surface area contributed by atoms with Gasteiger partial charge in [0.25, 0.3) is 0 Å². The summed E-state index contributed by atoms with van der Waals surface area (Å²) >= 11 is 0. The highest BCUT2D eigenvalue weighted by Gasteiger charge is 2.23. The molecule has 3 nitrogen and oxygen atoms in total. The van der Waals surface area contributed by atoms with Gasteiger partial charge in [0, 0.05) is 16.9 Å². The molecule has 1 aliphatic carbocycles. The lowest BCUT2D eigenvalue weighted by Crippen LogP contribution is -2.10. The van der Waals surface area contributed by atoms with Crippen LogP contribution in [-0.4, -0.2) is 14.8 Å². The summed E-state index contributed by atoms with van der Waals surface area (Å²) < 4.78 is 2.22. The molecule has 0 amide bonds. The monoisotopic (exact) mass is 379 g/mol. The Morgan fingerprint density at radius 1 is 1.14 bits per heavy atom. The van der Waals surface area contributed by atoms with Crippen LogP contribution in [0.4, 0.5) is 0 Å². The molecule has 1 atom stereocenters. The van der Waals surface area contributed by atoms with E-state index in [2.05, 4.69) is 95.0 Å². The number of fused-ring (bicyclic) bond motifs is 1. The second kappa shape index (κ2) is 8.27. The summed E-state index contributed by atoms with van der Waals surface area (Å²) in [6.07, 6.45) is 15.4. The molecule has 0 N–H and O–H groups in total. The SMILES string of the molecule is C=C/C=C\C(=C/C)c1nnc([C@H]2C=C(C)C=CC2)n1-c1cccc2ccccc12. The van der Waals surface area contributed by atoms with Gasteiger partial charge in [-0.15, -0.1) is 10.2 Å². The maximum absolute atomic E-state index is 4.67. The van der Waals surface area contributed by atoms with Crippen LogP contribution in [0.1, 0.15) is 37.8 Å². The smallest absolute Gasteiger partial charge is 0.168 e. The zero-order valence-electron chi connectivity index (χ0n) is 16.9. The summed E-state index contributed by atoms with van der Waals surface area (Å²) in [5, 5.41) is 11.7. The summed E-state index contributed by atoms with van der Waals surface area (Å²) in [6, 6.07) is 14.9. The predicted molar refractivity (Wildman–Crippen MR) is 122 cm³/mol. The van der Waals surface area contributed by atoms with Crippen LogP contribution in [-0.2, 0) is 0 Å². The van der Waals surface area contributed by atoms with Crippen molar-refractivity contribution in [1.82, 2.24) is 14.8 Å². The highest BCUT2D eigenvalue weighted by molar-refractivity contribution is 5.91. The summed E-state index contributed by atoms with van der Waals surface area (Å²) in [6.45, 7) is 7.95. The van der Waals surface area contributed by atoms with Gasteiger partial charge in [0.15, 0.2) is 5.82 Å². The lowest BCUT2D eigenvalue weighted by atomic mass is 9.95. The fourth-order valence-corrected chi connectivity index (χ4v) is 3.86. The molecule has 0 aliphatic heterocycles. The van der Waals surface area contributed by atoms with Gasteiger partial charge in [-0.25, -0.2) is 0 Å². The van der Waals surface area contributed by atoms with Crippen LogP contribution in [0.15, 0.2) is 97.1 Å². The van der Waals surface area contributed by atoms with Crippen LogP contribution in [0.3, 0.4) is 0 Å². The van der Waals surface area contributed by atoms with Crippen molar-refractivity contribution in [2.75, 3.05) is 0 Å². The fourth-order valence-electron chi connectivity index (χ4n) is 3.86. The normalized spacial score (nSPS) is 17.1. The molecule has 4 rings (SSSR count). The molecule has 1 aromatic heterocycles. The number of nitrogens with zero attached hydrogens (tertiary/aromatic N) is 3. The Labute approximate surface area is 172 Å². The molecule has 0 unspecified atom stereocenters. The third-order valence-corrected chi connectivity index (χ3v) is 5.24. The maximum atomic E-state index is 4.67. The molecule has 0 spiro atoms. The van der Waals surface area contributed by atoms with Crippen molar-refractivity contribution >= 4 is 16.3 Å². The Balaban J connectivity index is 1.99. The van der Waals surface area contributed by atoms with Crippen molar-refractivity contribution in [3.05, 3.63) is 109 Å². The molecular formula is C26H25N3. The first-order valence-electron chi connectivity index (χ1n) is 9.97. The van der Waals surface area contributed by atoms with Crippen molar-refractivity contribution in [3.63, 3.8) is 0 Å². The number of rotatable bonds is 5. The highest BCUT2D eigenvalue weighted by atomic mass is 15.3. The highest BCUT2D eigenvalue weighted by Crippen LogP contribution is 2.33. The topological polar surface area (TPSA) is 30.7 Å². The average molecular weight is 380 g/mol. The molecule has 0 fully saturated rings. The van der Waals surface area contributed by atoms with Gasteiger partial charge in [0.05, 0.1) is 5.69 Å². The molecular weight excluding hydrogens is 354 g/mol. The van der Waals surface area contributed by atoms with Crippen LogP contribution in [0, 0.1) is 0 Å². The minimum atomic E-state index is 0.196. The zero-order chi connectivity index (χ0) is 20.2. The lowest BCUT2D eigenvalue weighted by molar-refractivity contribution is 0.740. The fraction of sp³-hybridized carbons (Fsp3) is 0.154. The minimum absolute atomic E-state index is 0.196. The first-order valence-corrected chi connectivity index (χ1v) is 9.97. The Morgan fingerprint density at radius 3 is 2.76 bits per heavy atom. The Hall–Kier alpha value is -3.46. The molecule has 0 radical (unpaired) electrons. The molecule has 29 heavy (non-hydrogen) atoms. The summed E-state index contributed by atoms with van der Waals surface area (Å²) in [7, 11) is 0. The van der Waals surface area contributed by atoms with E-state index in [0.29, 0.717) is 0 Å². The Bertz CT molecular complexity index is 1170. The number of aromatic nitrogens is 3. The van der Waals surface area contributed by atoms with Gasteiger partial charge < -0.3 is 0 Å². The molecule has 0 bridgehead atoms. The molecule has 144 valence electrons. The van der Waals surface area contributed by atoms with Gasteiger partial charge in [-0.1, -0.05) is 91.1 Å². The van der Waals surface area contributed by atoms with E-state index in [-0.39, 0.29) is 5.92 Å². The largest absolute Gasteiger partial charge is 0.278 e. The number of hydrogen-bond acceptors (Lipinski definition) is 2. The van der Waals surface area contributed by atoms with E-state index in [4.69, 9.17) is 0 Å². The maximum Gasteiger partial charge on any atom is 0.168 e. The van der Waals surface area contributed by atoms with Gasteiger partial charge in [-0.3, -0.25) is 4.57 Å². The summed E-state index contributed by atoms with van der Waals surface area (Å²) in [4.78, 5) is 0. The lowest BCUT2D eigenvalue weighted by Gasteiger charge is -2.19. The van der Waals surface area contributed by atoms with E-state index < -0.39 is 0 Å². The van der Waals surface area contributed by atoms with Crippen LogP contribution in [0.2, 0.25) is 0 Å². The molecule has 0 saturated heterocycles. The predicted octanol–water partition coefficient (Wildman–Crippen LogP) is 6.56. The van der Waals surface area contributed by atoms with Crippen LogP contribution in [0.5, 0.6) is 0 Å². The number of hydrogen-bond donors (Lipinski definition) is 0. The van der Waals surface area contributed by atoms with E-state index in [0.717, 1.165) is 29.3 Å². The van der Waals surface area contributed by atoms with Crippen molar-refractivity contribution < 1.29 is 0 Å². The van der Waals surface area contributed by atoms with Crippen molar-refractivity contribution in [2.45, 2.75) is 26.2 Å². The summed E-state index contributed by atoms with van der Waals surface area (Å²) in [5.74, 6) is 2.01. The van der Waals surface area contributed by atoms with Crippen LogP contribution in [0.25, 0.3) is 22.0 Å². The first kappa shape index (κ1) is 18.9. The molecule has 1 aliphatic rings. The molecule has 1 heterocycles. The standard InChI is InChI=1S/C26H25N3/c1-4-6-12-20(5-2)25-27-28-26(22-15-9-11-19(3)18-22)29(25)24-17-10-14-21-13-7-8-16-23(21)24/h4-14,16-18,22H,1,15H2,2-3H3/b12-6-,20-5+/t22-/m1/s1. The van der Waals surface area contributed by atoms with Crippen molar-refractivity contribution in [3.8, 4) is 5.69 Å². The third kappa shape index (κ3) is 3.64. The molecule has 0 saturated carbocycles. The van der Waals surface area contributed by atoms with Crippen molar-refractivity contribution in [2.24, 2.45) is 0 Å². The number of allylic oxidation sites excluding steroid dienone is 9. The van der Waals surface area contributed by atoms with Gasteiger partial charge in [0.2, 0.25) is 0 Å². The molecule has 3 aromatic rings. The van der Waals surface area contributed by atoms with E-state index in [1.165, 1.54) is 16.3 Å². The van der Waals surface area contributed by atoms with Crippen LogP contribution >= 0.6 is 0 Å². The zero-order valence-corrected chi connectivity index (χ0v) is 16.9. The third-order valence-electron chi connectivity index (χ3n) is 5.24. The number of benzene rings is 2. The molecule has 3 heteroatoms. The van der Waals surface area contributed by atoms with Gasteiger partial charge in [-0.2, -0.15) is 0 Å². The second-order valence-electron chi connectivity index (χ2n) is 7.21. The van der Waals surface area contributed by atoms with Crippen molar-refractivity contribution in [1.29, 1.82) is 0 Å². The van der Waals surface area contributed by atoms with E-state index >= 15 is 0 Å². The Kier molecular flexibility index (Phi) is 5.39. The first-order chi connectivity index (χ1) is 14.2. The van der Waals surface area contributed by atoms with Gasteiger partial charge >= 0.3 is 0 Å². The minimum Gasteiger partial charge on any atom is -0.278 e.